The maximum absolute atomic E-state index is 13.7. The topological polar surface area (TPSA) is 89.0 Å². The molecule has 0 saturated carbocycles. The molecule has 1 aromatic carbocycles. The normalized spacial score (nSPS) is 10.4. The van der Waals surface area contributed by atoms with Gasteiger partial charge >= 0.3 is 0 Å². The maximum atomic E-state index is 13.7. The van der Waals surface area contributed by atoms with Gasteiger partial charge in [-0.3, -0.25) is 4.79 Å². The van der Waals surface area contributed by atoms with Crippen LogP contribution in [0.3, 0.4) is 0 Å². The number of aromatic nitrogens is 3. The largest absolute Gasteiger partial charge is 0.481 e. The predicted molar refractivity (Wildman–Crippen MR) is 114 cm³/mol. The summed E-state index contributed by atoms with van der Waals surface area (Å²) in [6.07, 6.45) is 4.62. The number of hydrogen-bond donors (Lipinski definition) is 2. The van der Waals surface area contributed by atoms with Gasteiger partial charge in [-0.05, 0) is 49.2 Å². The summed E-state index contributed by atoms with van der Waals surface area (Å²) >= 11 is 0. The number of allylic oxidation sites excluding steroid dienone is 1. The van der Waals surface area contributed by atoms with E-state index in [1.807, 2.05) is 13.8 Å². The van der Waals surface area contributed by atoms with Crippen LogP contribution in [0.1, 0.15) is 16.7 Å². The molecule has 154 valence electrons. The molecule has 0 saturated heterocycles. The smallest absolute Gasteiger partial charge is 0.229 e. The molecule has 0 fully saturated rings. The van der Waals surface area contributed by atoms with Crippen LogP contribution in [0.15, 0.2) is 49.3 Å². The van der Waals surface area contributed by atoms with E-state index in [1.165, 1.54) is 18.2 Å². The highest BCUT2D eigenvalue weighted by Gasteiger charge is 2.12. The number of carbonyl (C=O) groups excluding carboxylic acids is 1. The Kier molecular flexibility index (Phi) is 6.36. The number of pyridine rings is 1. The van der Waals surface area contributed by atoms with Crippen molar-refractivity contribution >= 4 is 28.9 Å². The number of benzene rings is 1. The van der Waals surface area contributed by atoms with Gasteiger partial charge in [-0.25, -0.2) is 14.4 Å². The number of nitrogens with one attached hydrogen (secondary N) is 2. The molecular formula is C22H22FN5O2. The third-order valence-corrected chi connectivity index (χ3v) is 4.42. The molecule has 0 aliphatic heterocycles. The molecule has 0 radical (unpaired) electrons. The lowest BCUT2D eigenvalue weighted by molar-refractivity contribution is -0.114. The zero-order valence-electron chi connectivity index (χ0n) is 17.0. The minimum absolute atomic E-state index is 0.0365. The van der Waals surface area contributed by atoms with Crippen LogP contribution in [-0.4, -0.2) is 27.8 Å². The summed E-state index contributed by atoms with van der Waals surface area (Å²) in [5, 5.41) is 6.34. The average molecular weight is 407 g/mol. The second-order valence-corrected chi connectivity index (χ2v) is 6.67. The molecule has 8 heteroatoms. The van der Waals surface area contributed by atoms with Crippen LogP contribution >= 0.6 is 0 Å². The van der Waals surface area contributed by atoms with Crippen LogP contribution in [0.5, 0.6) is 5.88 Å². The Hall–Kier alpha value is -3.81. The summed E-state index contributed by atoms with van der Waals surface area (Å²) < 4.78 is 18.9. The van der Waals surface area contributed by atoms with Gasteiger partial charge in [0.15, 0.2) is 5.78 Å². The lowest BCUT2D eigenvalue weighted by Crippen LogP contribution is -2.07. The van der Waals surface area contributed by atoms with Crippen molar-refractivity contribution in [1.82, 2.24) is 15.0 Å². The lowest BCUT2D eigenvalue weighted by Gasteiger charge is -2.14. The fraction of sp³-hybridized carbons (Fsp3) is 0.182. The molecule has 0 atom stereocenters. The first-order valence-corrected chi connectivity index (χ1v) is 9.21. The van der Waals surface area contributed by atoms with Crippen molar-refractivity contribution in [2.75, 3.05) is 17.7 Å². The van der Waals surface area contributed by atoms with Gasteiger partial charge in [-0.2, -0.15) is 4.98 Å². The molecule has 0 aliphatic rings. The first kappa shape index (κ1) is 20.9. The Balaban J connectivity index is 1.90. The molecule has 0 bridgehead atoms. The van der Waals surface area contributed by atoms with E-state index < -0.39 is 5.82 Å². The standard InChI is InChI=1S/C22H22FN5O2/c1-5-17(29)9-15-8-16(23)6-7-18(15)26-21-14(3)12-25-22(28-21)27-19-10-20(30-4)24-11-13(19)2/h5-8,10-12H,1,9H2,2-4H3,(H2,24,25,26,27,28). The van der Waals surface area contributed by atoms with Gasteiger partial charge in [0.1, 0.15) is 11.6 Å². The summed E-state index contributed by atoms with van der Waals surface area (Å²) in [6.45, 7) is 7.23. The summed E-state index contributed by atoms with van der Waals surface area (Å²) in [7, 11) is 1.54. The van der Waals surface area contributed by atoms with E-state index in [2.05, 4.69) is 32.2 Å². The number of anilines is 4. The maximum Gasteiger partial charge on any atom is 0.229 e. The van der Waals surface area contributed by atoms with Gasteiger partial charge in [0.25, 0.3) is 0 Å². The fourth-order valence-corrected chi connectivity index (χ4v) is 2.72. The molecular weight excluding hydrogens is 385 g/mol. The quantitative estimate of drug-likeness (QED) is 0.534. The molecule has 3 rings (SSSR count). The van der Waals surface area contributed by atoms with Crippen LogP contribution in [0.2, 0.25) is 0 Å². The molecule has 0 unspecified atom stereocenters. The van der Waals surface area contributed by atoms with Crippen molar-refractivity contribution in [2.45, 2.75) is 20.3 Å². The molecule has 2 heterocycles. The van der Waals surface area contributed by atoms with Crippen LogP contribution in [0.25, 0.3) is 0 Å². The molecule has 0 aliphatic carbocycles. The van der Waals surface area contributed by atoms with Gasteiger partial charge in [-0.15, -0.1) is 0 Å². The Labute approximate surface area is 174 Å². The minimum Gasteiger partial charge on any atom is -0.481 e. The Morgan fingerprint density at radius 3 is 2.63 bits per heavy atom. The van der Waals surface area contributed by atoms with Gasteiger partial charge in [0.05, 0.1) is 12.8 Å². The highest BCUT2D eigenvalue weighted by molar-refractivity contribution is 5.92. The van der Waals surface area contributed by atoms with Gasteiger partial charge in [0.2, 0.25) is 11.8 Å². The summed E-state index contributed by atoms with van der Waals surface area (Å²) in [6, 6.07) is 5.98. The van der Waals surface area contributed by atoms with Crippen molar-refractivity contribution in [2.24, 2.45) is 0 Å². The van der Waals surface area contributed by atoms with Gasteiger partial charge in [0, 0.05) is 36.1 Å². The number of aryl methyl sites for hydroxylation is 2. The van der Waals surface area contributed by atoms with E-state index in [1.54, 1.807) is 31.6 Å². The fourth-order valence-electron chi connectivity index (χ4n) is 2.72. The minimum atomic E-state index is -0.420. The zero-order chi connectivity index (χ0) is 21.7. The van der Waals surface area contributed by atoms with E-state index in [9.17, 15) is 9.18 Å². The molecule has 30 heavy (non-hydrogen) atoms. The average Bonchev–Trinajstić information content (AvgIpc) is 2.73. The van der Waals surface area contributed by atoms with E-state index in [4.69, 9.17) is 4.74 Å². The SMILES string of the molecule is C=CC(=O)Cc1cc(F)ccc1Nc1nc(Nc2cc(OC)ncc2C)ncc1C. The number of methoxy groups -OCH3 is 1. The van der Waals surface area contributed by atoms with Gasteiger partial charge < -0.3 is 15.4 Å². The highest BCUT2D eigenvalue weighted by Crippen LogP contribution is 2.26. The summed E-state index contributed by atoms with van der Waals surface area (Å²) in [5.74, 6) is 0.746. The molecule has 2 N–H and O–H groups in total. The third kappa shape index (κ3) is 4.96. The summed E-state index contributed by atoms with van der Waals surface area (Å²) in [4.78, 5) is 24.8. The first-order valence-electron chi connectivity index (χ1n) is 9.21. The number of halogens is 1. The van der Waals surface area contributed by atoms with E-state index in [-0.39, 0.29) is 12.2 Å². The zero-order valence-corrected chi connectivity index (χ0v) is 17.0. The molecule has 3 aromatic rings. The number of ether oxygens (including phenoxy) is 1. The Morgan fingerprint density at radius 1 is 1.13 bits per heavy atom. The van der Waals surface area contributed by atoms with Crippen LogP contribution in [0.4, 0.5) is 27.5 Å². The molecule has 0 amide bonds. The number of carbonyl (C=O) groups is 1. The first-order chi connectivity index (χ1) is 14.4. The number of rotatable bonds is 8. The lowest BCUT2D eigenvalue weighted by atomic mass is 10.1. The van der Waals surface area contributed by atoms with Crippen LogP contribution < -0.4 is 15.4 Å². The van der Waals surface area contributed by atoms with Crippen molar-refractivity contribution in [1.29, 1.82) is 0 Å². The molecule has 0 spiro atoms. The Morgan fingerprint density at radius 2 is 1.90 bits per heavy atom. The third-order valence-electron chi connectivity index (χ3n) is 4.42. The van der Waals surface area contributed by atoms with Crippen LogP contribution in [-0.2, 0) is 11.2 Å². The monoisotopic (exact) mass is 407 g/mol. The Bertz CT molecular complexity index is 1100. The second kappa shape index (κ2) is 9.13. The van der Waals surface area contributed by atoms with E-state index in [0.717, 1.165) is 16.8 Å². The molecule has 7 nitrogen and oxygen atoms in total. The van der Waals surface area contributed by atoms with Crippen molar-refractivity contribution in [3.05, 3.63) is 71.8 Å². The number of nitrogens with zero attached hydrogens (tertiary/aromatic N) is 3. The number of ketones is 1. The van der Waals surface area contributed by atoms with Crippen LogP contribution in [0, 0.1) is 19.7 Å². The van der Waals surface area contributed by atoms with E-state index >= 15 is 0 Å². The second-order valence-electron chi connectivity index (χ2n) is 6.67. The van der Waals surface area contributed by atoms with Crippen molar-refractivity contribution < 1.29 is 13.9 Å². The van der Waals surface area contributed by atoms with Crippen molar-refractivity contribution in [3.8, 4) is 5.88 Å². The molecule has 2 aromatic heterocycles. The highest BCUT2D eigenvalue weighted by atomic mass is 19.1. The predicted octanol–water partition coefficient (Wildman–Crippen LogP) is 4.42. The van der Waals surface area contributed by atoms with Crippen molar-refractivity contribution in [3.63, 3.8) is 0 Å². The number of hydrogen-bond acceptors (Lipinski definition) is 7. The van der Waals surface area contributed by atoms with E-state index in [0.29, 0.717) is 28.9 Å². The summed E-state index contributed by atoms with van der Waals surface area (Å²) in [5.41, 5.74) is 3.55. The van der Waals surface area contributed by atoms with Gasteiger partial charge in [-0.1, -0.05) is 6.58 Å².